The Labute approximate surface area is 199 Å². The molecule has 1 rings (SSSR count). The second kappa shape index (κ2) is 13.9. The molecule has 0 aromatic carbocycles. The first-order chi connectivity index (χ1) is 15.3. The molecule has 1 fully saturated rings. The quantitative estimate of drug-likeness (QED) is 0.370. The molecule has 9 nitrogen and oxygen atoms in total. The average Bonchev–Trinajstić information content (AvgIpc) is 2.71. The molecule has 1 aliphatic heterocycles. The van der Waals surface area contributed by atoms with Gasteiger partial charge in [0.05, 0.1) is 19.7 Å². The Morgan fingerprint density at radius 1 is 0.667 bits per heavy atom. The lowest BCUT2D eigenvalue weighted by molar-refractivity contribution is -0.158. The van der Waals surface area contributed by atoms with Crippen molar-refractivity contribution in [1.82, 2.24) is 14.7 Å². The summed E-state index contributed by atoms with van der Waals surface area (Å²) >= 11 is 0. The summed E-state index contributed by atoms with van der Waals surface area (Å²) in [7, 11) is 0. The molecular weight excluding hydrogens is 426 g/mol. The summed E-state index contributed by atoms with van der Waals surface area (Å²) in [6.07, 6.45) is 1.09. The van der Waals surface area contributed by atoms with E-state index >= 15 is 0 Å². The van der Waals surface area contributed by atoms with Gasteiger partial charge in [0.25, 0.3) is 0 Å². The minimum atomic E-state index is -0.529. The van der Waals surface area contributed by atoms with Crippen molar-refractivity contribution in [3.05, 3.63) is 0 Å². The van der Waals surface area contributed by atoms with Crippen LogP contribution in [0.5, 0.6) is 0 Å². The summed E-state index contributed by atoms with van der Waals surface area (Å²) in [6, 6.07) is 0. The van der Waals surface area contributed by atoms with Crippen molar-refractivity contribution in [2.24, 2.45) is 0 Å². The fourth-order valence-corrected chi connectivity index (χ4v) is 3.52. The fraction of sp³-hybridized carbons (Fsp3) is 0.875. The molecule has 0 amide bonds. The smallest absolute Gasteiger partial charge is 0.320 e. The third-order valence-electron chi connectivity index (χ3n) is 4.90. The van der Waals surface area contributed by atoms with Crippen LogP contribution >= 0.6 is 0 Å². The summed E-state index contributed by atoms with van der Waals surface area (Å²) in [5.41, 5.74) is -1.06. The van der Waals surface area contributed by atoms with Crippen molar-refractivity contribution >= 4 is 17.9 Å². The predicted octanol–water partition coefficient (Wildman–Crippen LogP) is 1.93. The van der Waals surface area contributed by atoms with Crippen LogP contribution in [0.15, 0.2) is 0 Å². The van der Waals surface area contributed by atoms with Crippen LogP contribution < -0.4 is 0 Å². The maximum absolute atomic E-state index is 12.4. The van der Waals surface area contributed by atoms with Gasteiger partial charge in [-0.25, -0.2) is 0 Å². The Hall–Kier alpha value is -1.71. The van der Waals surface area contributed by atoms with Crippen LogP contribution in [-0.2, 0) is 28.6 Å². The molecule has 0 aliphatic carbocycles. The van der Waals surface area contributed by atoms with Gasteiger partial charge in [0.1, 0.15) is 11.2 Å². The van der Waals surface area contributed by atoms with Crippen LogP contribution in [0.1, 0.15) is 61.3 Å². The summed E-state index contributed by atoms with van der Waals surface area (Å²) in [5.74, 6) is -0.691. The molecule has 0 saturated carbocycles. The van der Waals surface area contributed by atoms with E-state index in [0.717, 1.165) is 19.6 Å². The Balaban J connectivity index is 2.76. The number of hydrogen-bond donors (Lipinski definition) is 0. The highest BCUT2D eigenvalue weighted by molar-refractivity contribution is 5.72. The van der Waals surface area contributed by atoms with E-state index < -0.39 is 11.2 Å². The average molecular weight is 472 g/mol. The molecule has 0 aromatic heterocycles. The first-order valence-electron chi connectivity index (χ1n) is 12.0. The van der Waals surface area contributed by atoms with Crippen LogP contribution in [-0.4, -0.2) is 109 Å². The van der Waals surface area contributed by atoms with Gasteiger partial charge in [-0.15, -0.1) is 0 Å². The number of rotatable bonds is 9. The number of esters is 3. The van der Waals surface area contributed by atoms with Gasteiger partial charge >= 0.3 is 17.9 Å². The Kier molecular flexibility index (Phi) is 12.3. The topological polar surface area (TPSA) is 88.6 Å². The van der Waals surface area contributed by atoms with Crippen molar-refractivity contribution in [1.29, 1.82) is 0 Å². The molecule has 0 N–H and O–H groups in total. The van der Waals surface area contributed by atoms with E-state index in [0.29, 0.717) is 45.6 Å². The van der Waals surface area contributed by atoms with Crippen LogP contribution in [0.2, 0.25) is 0 Å². The highest BCUT2D eigenvalue weighted by Gasteiger charge is 2.24. The Morgan fingerprint density at radius 2 is 1.06 bits per heavy atom. The van der Waals surface area contributed by atoms with E-state index in [1.54, 1.807) is 6.92 Å². The molecule has 1 heterocycles. The van der Waals surface area contributed by atoms with Gasteiger partial charge in [-0.05, 0) is 61.4 Å². The lowest BCUT2D eigenvalue weighted by atomic mass is 10.2. The van der Waals surface area contributed by atoms with E-state index in [-0.39, 0.29) is 31.0 Å². The Morgan fingerprint density at radius 3 is 1.42 bits per heavy atom. The molecule has 9 heteroatoms. The predicted molar refractivity (Wildman–Crippen MR) is 127 cm³/mol. The molecule has 0 aromatic rings. The largest absolute Gasteiger partial charge is 0.466 e. The zero-order valence-corrected chi connectivity index (χ0v) is 21.8. The highest BCUT2D eigenvalue weighted by atomic mass is 16.6. The van der Waals surface area contributed by atoms with Gasteiger partial charge < -0.3 is 19.1 Å². The summed E-state index contributed by atoms with van der Waals surface area (Å²) in [6.45, 7) is 18.8. The number of nitrogens with zero attached hydrogens (tertiary/aromatic N) is 3. The van der Waals surface area contributed by atoms with E-state index in [4.69, 9.17) is 14.2 Å². The zero-order chi connectivity index (χ0) is 25.1. The molecule has 0 spiro atoms. The molecule has 33 heavy (non-hydrogen) atoms. The second-order valence-electron chi connectivity index (χ2n) is 10.5. The van der Waals surface area contributed by atoms with Gasteiger partial charge in [-0.1, -0.05) is 0 Å². The number of hydrogen-bond acceptors (Lipinski definition) is 9. The molecule has 192 valence electrons. The summed E-state index contributed by atoms with van der Waals surface area (Å²) < 4.78 is 16.0. The van der Waals surface area contributed by atoms with Gasteiger partial charge in [-0.2, -0.15) is 0 Å². The summed E-state index contributed by atoms with van der Waals surface area (Å²) in [4.78, 5) is 42.9. The SMILES string of the molecule is CCOC(=O)CCCN1CCN(CC(=O)OC(C)(C)C)CCN(CC(=O)OC(C)(C)C)CC1. The molecule has 1 saturated heterocycles. The second-order valence-corrected chi connectivity index (χ2v) is 10.5. The Bertz CT molecular complexity index is 585. The van der Waals surface area contributed by atoms with Crippen LogP contribution in [0, 0.1) is 0 Å². The molecular formula is C24H45N3O6. The van der Waals surface area contributed by atoms with E-state index in [2.05, 4.69) is 14.7 Å². The third-order valence-corrected chi connectivity index (χ3v) is 4.90. The zero-order valence-electron chi connectivity index (χ0n) is 21.8. The first kappa shape index (κ1) is 29.3. The molecule has 0 bridgehead atoms. The summed E-state index contributed by atoms with van der Waals surface area (Å²) in [5, 5.41) is 0. The van der Waals surface area contributed by atoms with E-state index in [1.807, 2.05) is 41.5 Å². The lowest BCUT2D eigenvalue weighted by Gasteiger charge is -2.27. The molecule has 0 radical (unpaired) electrons. The van der Waals surface area contributed by atoms with Crippen molar-refractivity contribution in [3.8, 4) is 0 Å². The normalized spacial score (nSPS) is 17.5. The number of ether oxygens (including phenoxy) is 3. The molecule has 0 atom stereocenters. The highest BCUT2D eigenvalue weighted by Crippen LogP contribution is 2.10. The van der Waals surface area contributed by atoms with Crippen molar-refractivity contribution in [2.45, 2.75) is 72.5 Å². The fourth-order valence-electron chi connectivity index (χ4n) is 3.52. The molecule has 0 unspecified atom stereocenters. The lowest BCUT2D eigenvalue weighted by Crippen LogP contribution is -2.42. The maximum atomic E-state index is 12.4. The number of carbonyl (C=O) groups excluding carboxylic acids is 3. The molecule has 1 aliphatic rings. The minimum Gasteiger partial charge on any atom is -0.466 e. The van der Waals surface area contributed by atoms with Crippen molar-refractivity contribution in [2.75, 3.05) is 65.5 Å². The standard InChI is InChI=1S/C24H45N3O6/c1-8-31-20(28)10-9-11-25-12-14-26(18-21(29)32-23(2,3)4)16-17-27(15-13-25)19-22(30)33-24(5,6)7/h8-19H2,1-7H3. The van der Waals surface area contributed by atoms with Crippen LogP contribution in [0.3, 0.4) is 0 Å². The van der Waals surface area contributed by atoms with E-state index in [1.165, 1.54) is 0 Å². The monoisotopic (exact) mass is 471 g/mol. The number of carbonyl (C=O) groups is 3. The van der Waals surface area contributed by atoms with Crippen LogP contribution in [0.25, 0.3) is 0 Å². The third kappa shape index (κ3) is 14.9. The van der Waals surface area contributed by atoms with Crippen LogP contribution in [0.4, 0.5) is 0 Å². The first-order valence-corrected chi connectivity index (χ1v) is 12.0. The van der Waals surface area contributed by atoms with Gasteiger partial charge in [0, 0.05) is 45.7 Å². The maximum Gasteiger partial charge on any atom is 0.320 e. The van der Waals surface area contributed by atoms with Gasteiger partial charge in [0.15, 0.2) is 0 Å². The minimum absolute atomic E-state index is 0.181. The van der Waals surface area contributed by atoms with Crippen molar-refractivity contribution in [3.63, 3.8) is 0 Å². The van der Waals surface area contributed by atoms with E-state index in [9.17, 15) is 14.4 Å². The van der Waals surface area contributed by atoms with Gasteiger partial charge in [0.2, 0.25) is 0 Å². The van der Waals surface area contributed by atoms with Gasteiger partial charge in [-0.3, -0.25) is 24.2 Å². The van der Waals surface area contributed by atoms with Crippen molar-refractivity contribution < 1.29 is 28.6 Å².